The van der Waals surface area contributed by atoms with Crippen LogP contribution >= 0.6 is 0 Å². The Hall–Kier alpha value is -1.08. The molecule has 0 radical (unpaired) electrons. The summed E-state index contributed by atoms with van der Waals surface area (Å²) in [5, 5.41) is 0. The van der Waals surface area contributed by atoms with Crippen LogP contribution in [0.15, 0.2) is 35.9 Å². The Morgan fingerprint density at radius 3 is 2.54 bits per heavy atom. The van der Waals surface area contributed by atoms with Crippen molar-refractivity contribution in [3.8, 4) is 0 Å². The normalized spacial score (nSPS) is 14.2. The van der Waals surface area contributed by atoms with Gasteiger partial charge in [-0.15, -0.1) is 0 Å². The van der Waals surface area contributed by atoms with E-state index in [1.807, 2.05) is 25.1 Å². The molecule has 70 valence electrons. The third-order valence-electron chi connectivity index (χ3n) is 1.86. The molecule has 0 heterocycles. The van der Waals surface area contributed by atoms with Crippen molar-refractivity contribution in [2.24, 2.45) is 5.73 Å². The topological polar surface area (TPSA) is 26.0 Å². The van der Waals surface area contributed by atoms with E-state index in [0.717, 1.165) is 6.42 Å². The van der Waals surface area contributed by atoms with E-state index < -0.39 is 0 Å². The molecule has 1 nitrogen and oxygen atoms in total. The monoisotopic (exact) mass is 175 g/mol. The van der Waals surface area contributed by atoms with Crippen molar-refractivity contribution >= 4 is 6.08 Å². The molecule has 0 spiro atoms. The predicted octanol–water partition coefficient (Wildman–Crippen LogP) is 2.83. The molecule has 0 aliphatic rings. The first kappa shape index (κ1) is 10.0. The van der Waals surface area contributed by atoms with Crippen LogP contribution in [0.2, 0.25) is 0 Å². The summed E-state index contributed by atoms with van der Waals surface area (Å²) >= 11 is 0. The largest absolute Gasteiger partial charge is 0.328 e. The number of hydrogen-bond acceptors (Lipinski definition) is 1. The minimum absolute atomic E-state index is 0.250. The molecule has 1 atom stereocenters. The zero-order valence-electron chi connectivity index (χ0n) is 8.33. The van der Waals surface area contributed by atoms with Crippen molar-refractivity contribution in [2.75, 3.05) is 0 Å². The van der Waals surface area contributed by atoms with Crippen LogP contribution in [0, 0.1) is 0 Å². The van der Waals surface area contributed by atoms with Gasteiger partial charge in [-0.05, 0) is 25.8 Å². The van der Waals surface area contributed by atoms with Gasteiger partial charge in [-0.1, -0.05) is 42.0 Å². The number of benzene rings is 1. The van der Waals surface area contributed by atoms with E-state index in [0.29, 0.717) is 0 Å². The zero-order chi connectivity index (χ0) is 9.68. The van der Waals surface area contributed by atoms with Gasteiger partial charge in [0.1, 0.15) is 0 Å². The van der Waals surface area contributed by atoms with E-state index >= 15 is 0 Å². The van der Waals surface area contributed by atoms with Crippen LogP contribution in [-0.2, 0) is 0 Å². The molecule has 1 rings (SSSR count). The Morgan fingerprint density at radius 1 is 1.38 bits per heavy atom. The van der Waals surface area contributed by atoms with Gasteiger partial charge in [0.15, 0.2) is 0 Å². The lowest BCUT2D eigenvalue weighted by molar-refractivity contribution is 0.734. The predicted molar refractivity (Wildman–Crippen MR) is 58.4 cm³/mol. The fourth-order valence-corrected chi connectivity index (χ4v) is 1.40. The maximum Gasteiger partial charge on any atom is 0.00476 e. The van der Waals surface area contributed by atoms with Crippen LogP contribution in [-0.4, -0.2) is 6.04 Å². The highest BCUT2D eigenvalue weighted by atomic mass is 14.6. The van der Waals surface area contributed by atoms with Crippen LogP contribution in [0.3, 0.4) is 0 Å². The first-order valence-corrected chi connectivity index (χ1v) is 4.66. The smallest absolute Gasteiger partial charge is 0.00476 e. The summed E-state index contributed by atoms with van der Waals surface area (Å²) < 4.78 is 0. The van der Waals surface area contributed by atoms with E-state index in [1.54, 1.807) is 0 Å². The van der Waals surface area contributed by atoms with Crippen molar-refractivity contribution in [3.05, 3.63) is 41.5 Å². The van der Waals surface area contributed by atoms with Crippen LogP contribution in [0.25, 0.3) is 6.08 Å². The molecular formula is C12H17N. The van der Waals surface area contributed by atoms with Crippen molar-refractivity contribution in [2.45, 2.75) is 26.3 Å². The molecule has 0 aliphatic heterocycles. The fourth-order valence-electron chi connectivity index (χ4n) is 1.40. The molecule has 0 aromatic heterocycles. The first-order valence-electron chi connectivity index (χ1n) is 4.66. The van der Waals surface area contributed by atoms with Gasteiger partial charge >= 0.3 is 0 Å². The van der Waals surface area contributed by atoms with Crippen molar-refractivity contribution in [1.82, 2.24) is 0 Å². The number of nitrogens with two attached hydrogens (primary N) is 1. The molecule has 1 aromatic rings. The van der Waals surface area contributed by atoms with Crippen LogP contribution in [0.1, 0.15) is 25.8 Å². The Morgan fingerprint density at radius 2 is 2.00 bits per heavy atom. The van der Waals surface area contributed by atoms with Gasteiger partial charge in [-0.25, -0.2) is 0 Å². The molecule has 0 aliphatic carbocycles. The lowest BCUT2D eigenvalue weighted by atomic mass is 10.1. The molecule has 1 aromatic carbocycles. The van der Waals surface area contributed by atoms with E-state index in [2.05, 4.69) is 25.1 Å². The highest BCUT2D eigenvalue weighted by molar-refractivity contribution is 5.52. The van der Waals surface area contributed by atoms with Crippen molar-refractivity contribution < 1.29 is 0 Å². The first-order chi connectivity index (χ1) is 6.18. The highest BCUT2D eigenvalue weighted by Crippen LogP contribution is 2.09. The van der Waals surface area contributed by atoms with Gasteiger partial charge in [0, 0.05) is 6.04 Å². The molecule has 0 saturated heterocycles. The van der Waals surface area contributed by atoms with E-state index in [4.69, 9.17) is 5.73 Å². The maximum absolute atomic E-state index is 5.71. The Labute approximate surface area is 80.3 Å². The molecule has 2 N–H and O–H groups in total. The SMILES string of the molecule is C/C(=C\c1ccccc1)C[C@@H](C)N. The summed E-state index contributed by atoms with van der Waals surface area (Å²) in [7, 11) is 0. The maximum atomic E-state index is 5.71. The summed E-state index contributed by atoms with van der Waals surface area (Å²) in [5.41, 5.74) is 8.29. The third kappa shape index (κ3) is 3.90. The van der Waals surface area contributed by atoms with E-state index in [1.165, 1.54) is 11.1 Å². The van der Waals surface area contributed by atoms with Crippen LogP contribution in [0.4, 0.5) is 0 Å². The summed E-state index contributed by atoms with van der Waals surface area (Å²) in [5.74, 6) is 0. The number of hydrogen-bond donors (Lipinski definition) is 1. The molecular weight excluding hydrogens is 158 g/mol. The Balaban J connectivity index is 2.66. The molecule has 0 saturated carbocycles. The molecule has 1 heteroatoms. The second-order valence-electron chi connectivity index (χ2n) is 3.58. The molecule has 13 heavy (non-hydrogen) atoms. The van der Waals surface area contributed by atoms with Gasteiger partial charge in [-0.2, -0.15) is 0 Å². The molecule has 0 unspecified atom stereocenters. The van der Waals surface area contributed by atoms with Gasteiger partial charge in [0.2, 0.25) is 0 Å². The van der Waals surface area contributed by atoms with Gasteiger partial charge in [0.25, 0.3) is 0 Å². The van der Waals surface area contributed by atoms with Gasteiger partial charge in [0.05, 0.1) is 0 Å². The minimum Gasteiger partial charge on any atom is -0.328 e. The second kappa shape index (κ2) is 4.83. The zero-order valence-corrected chi connectivity index (χ0v) is 8.33. The molecule has 0 bridgehead atoms. The lowest BCUT2D eigenvalue weighted by Gasteiger charge is -2.04. The van der Waals surface area contributed by atoms with Crippen LogP contribution < -0.4 is 5.73 Å². The lowest BCUT2D eigenvalue weighted by Crippen LogP contribution is -2.14. The Kier molecular flexibility index (Phi) is 3.71. The summed E-state index contributed by atoms with van der Waals surface area (Å²) in [6.45, 7) is 4.15. The average Bonchev–Trinajstić information content (AvgIpc) is 2.04. The Bertz CT molecular complexity index is 272. The van der Waals surface area contributed by atoms with Crippen LogP contribution in [0.5, 0.6) is 0 Å². The quantitative estimate of drug-likeness (QED) is 0.751. The minimum atomic E-state index is 0.250. The summed E-state index contributed by atoms with van der Waals surface area (Å²) in [6, 6.07) is 10.6. The van der Waals surface area contributed by atoms with Crippen molar-refractivity contribution in [3.63, 3.8) is 0 Å². The molecule has 0 fully saturated rings. The average molecular weight is 175 g/mol. The molecule has 0 amide bonds. The summed E-state index contributed by atoms with van der Waals surface area (Å²) in [4.78, 5) is 0. The van der Waals surface area contributed by atoms with Crippen molar-refractivity contribution in [1.29, 1.82) is 0 Å². The second-order valence-corrected chi connectivity index (χ2v) is 3.58. The highest BCUT2D eigenvalue weighted by Gasteiger charge is 1.95. The van der Waals surface area contributed by atoms with Gasteiger partial charge in [-0.3, -0.25) is 0 Å². The standard InChI is InChI=1S/C12H17N/c1-10(8-11(2)13)9-12-6-4-3-5-7-12/h3-7,9,11H,8,13H2,1-2H3/b10-9+/t11-/m1/s1. The van der Waals surface area contributed by atoms with Gasteiger partial charge < -0.3 is 5.73 Å². The fraction of sp³-hybridized carbons (Fsp3) is 0.333. The third-order valence-corrected chi connectivity index (χ3v) is 1.86. The number of rotatable bonds is 3. The van der Waals surface area contributed by atoms with E-state index in [9.17, 15) is 0 Å². The van der Waals surface area contributed by atoms with E-state index in [-0.39, 0.29) is 6.04 Å². The summed E-state index contributed by atoms with van der Waals surface area (Å²) in [6.07, 6.45) is 3.15.